The van der Waals surface area contributed by atoms with Crippen LogP contribution in [0.15, 0.2) is 105 Å². The van der Waals surface area contributed by atoms with Crippen molar-refractivity contribution in [1.82, 2.24) is 0 Å². The second-order valence-electron chi connectivity index (χ2n) is 10.7. The van der Waals surface area contributed by atoms with E-state index in [9.17, 15) is 60.9 Å². The summed E-state index contributed by atoms with van der Waals surface area (Å²) in [4.78, 5) is 58.8. The molecule has 22 heteroatoms. The minimum Gasteiger partial charge on any atom is -0.867 e. The van der Waals surface area contributed by atoms with Crippen LogP contribution < -0.4 is 20.4 Å². The summed E-state index contributed by atoms with van der Waals surface area (Å²) in [7, 11) is 0. The molecular formula is C34H18N8O12Zn2. The fourth-order valence-electron chi connectivity index (χ4n) is 4.68. The van der Waals surface area contributed by atoms with Gasteiger partial charge in [0, 0.05) is 49.1 Å². The normalized spacial score (nSPS) is 11.1. The van der Waals surface area contributed by atoms with E-state index < -0.39 is 65.4 Å². The van der Waals surface area contributed by atoms with Crippen LogP contribution in [0.2, 0.25) is 0 Å². The van der Waals surface area contributed by atoms with Crippen LogP contribution in [0.1, 0.15) is 22.3 Å². The van der Waals surface area contributed by atoms with Crippen molar-refractivity contribution in [3.05, 3.63) is 148 Å². The Hall–Kier alpha value is -7.17. The van der Waals surface area contributed by atoms with Gasteiger partial charge in [0.15, 0.2) is 0 Å². The molecule has 0 unspecified atom stereocenters. The smallest absolute Gasteiger partial charge is 0.867 e. The maximum absolute atomic E-state index is 12.7. The fraction of sp³-hybridized carbons (Fsp3) is 0. The summed E-state index contributed by atoms with van der Waals surface area (Å²) in [5, 5.41) is 96.2. The van der Waals surface area contributed by atoms with Gasteiger partial charge in [0.05, 0.1) is 42.4 Å². The molecule has 0 heterocycles. The van der Waals surface area contributed by atoms with Gasteiger partial charge in [-0.15, -0.1) is 0 Å². The van der Waals surface area contributed by atoms with Crippen LogP contribution in [-0.2, 0) is 39.0 Å². The molecular weight excluding hydrogens is 843 g/mol. The first-order valence-electron chi connectivity index (χ1n) is 14.9. The minimum absolute atomic E-state index is 0. The number of rotatable bonds is 12. The molecule has 0 aliphatic heterocycles. The number of benzene rings is 5. The van der Waals surface area contributed by atoms with Gasteiger partial charge in [-0.1, -0.05) is 48.5 Å². The van der Waals surface area contributed by atoms with Crippen molar-refractivity contribution >= 4 is 70.4 Å². The average Bonchev–Trinajstić information content (AvgIpc) is 3.13. The van der Waals surface area contributed by atoms with E-state index in [1.165, 1.54) is 60.7 Å². The number of nitro groups is 4. The Kier molecular flexibility index (Phi) is 14.5. The molecule has 0 fully saturated rings. The summed E-state index contributed by atoms with van der Waals surface area (Å²) in [6, 6.07) is 16.2. The first-order chi connectivity index (χ1) is 25.8. The van der Waals surface area contributed by atoms with E-state index in [4.69, 9.17) is 0 Å². The van der Waals surface area contributed by atoms with Gasteiger partial charge in [0.1, 0.15) is 0 Å². The van der Waals surface area contributed by atoms with Crippen molar-refractivity contribution in [2.24, 2.45) is 20.0 Å². The van der Waals surface area contributed by atoms with Crippen LogP contribution in [0.25, 0.3) is 0 Å². The average molecular weight is 861 g/mol. The number of aliphatic imine (C=N–C) groups is 4. The maximum atomic E-state index is 12.7. The quantitative estimate of drug-likeness (QED) is 0.0718. The van der Waals surface area contributed by atoms with Crippen LogP contribution in [-0.4, -0.2) is 44.6 Å². The van der Waals surface area contributed by atoms with Crippen LogP contribution in [0.3, 0.4) is 0 Å². The summed E-state index contributed by atoms with van der Waals surface area (Å²) in [5.41, 5.74) is -4.50. The van der Waals surface area contributed by atoms with E-state index in [1.54, 1.807) is 0 Å². The van der Waals surface area contributed by atoms with E-state index in [0.29, 0.717) is 0 Å². The van der Waals surface area contributed by atoms with E-state index in [1.807, 2.05) is 0 Å². The van der Waals surface area contributed by atoms with E-state index >= 15 is 0 Å². The SMILES string of the molecule is O=[N+]([O-])c1cccc(C=Nc2cc(N=Cc3cccc([N+](=O)[O-])c3[O-])c(N=Cc3cccc([N+](=O)[O-])c3[O-])cc2N=Cc2cccc([N+](=O)[O-])c2[O-])c1[O-].[Zn+2].[Zn+2]. The van der Waals surface area contributed by atoms with Gasteiger partial charge in [-0.2, -0.15) is 0 Å². The molecule has 0 aliphatic rings. The molecule has 0 aliphatic carbocycles. The van der Waals surface area contributed by atoms with Crippen LogP contribution in [0, 0.1) is 40.5 Å². The molecule has 0 aromatic heterocycles. The van der Waals surface area contributed by atoms with Gasteiger partial charge >= 0.3 is 39.0 Å². The van der Waals surface area contributed by atoms with Gasteiger partial charge in [-0.3, -0.25) is 60.4 Å². The zero-order valence-electron chi connectivity index (χ0n) is 28.3. The monoisotopic (exact) mass is 858 g/mol. The number of hydrogen-bond acceptors (Lipinski definition) is 16. The predicted molar refractivity (Wildman–Crippen MR) is 186 cm³/mol. The van der Waals surface area contributed by atoms with Crippen molar-refractivity contribution in [2.45, 2.75) is 0 Å². The Labute approximate surface area is 338 Å². The van der Waals surface area contributed by atoms with Gasteiger partial charge in [0.25, 0.3) is 22.7 Å². The minimum atomic E-state index is -0.984. The summed E-state index contributed by atoms with van der Waals surface area (Å²) < 4.78 is 0. The second kappa shape index (κ2) is 18.7. The van der Waals surface area contributed by atoms with Crippen molar-refractivity contribution in [3.8, 4) is 23.0 Å². The van der Waals surface area contributed by atoms with Crippen molar-refractivity contribution < 1.29 is 79.1 Å². The third-order valence-corrected chi connectivity index (χ3v) is 7.33. The van der Waals surface area contributed by atoms with E-state index in [2.05, 4.69) is 20.0 Å². The first kappa shape index (κ1) is 43.2. The van der Waals surface area contributed by atoms with Gasteiger partial charge in [-0.25, -0.2) is 0 Å². The molecule has 0 atom stereocenters. The molecule has 0 bridgehead atoms. The van der Waals surface area contributed by atoms with Crippen molar-refractivity contribution in [2.75, 3.05) is 0 Å². The molecule has 0 radical (unpaired) electrons. The van der Waals surface area contributed by atoms with Crippen LogP contribution in [0.5, 0.6) is 23.0 Å². The van der Waals surface area contributed by atoms with Crippen molar-refractivity contribution in [3.63, 3.8) is 0 Å². The third kappa shape index (κ3) is 9.67. The Morgan fingerprint density at radius 3 is 0.750 bits per heavy atom. The number of nitrogens with zero attached hydrogens (tertiary/aromatic N) is 8. The molecule has 0 saturated heterocycles. The van der Waals surface area contributed by atoms with Gasteiger partial charge in [-0.05, 0) is 57.4 Å². The van der Waals surface area contributed by atoms with E-state index in [0.717, 1.165) is 49.1 Å². The fourth-order valence-corrected chi connectivity index (χ4v) is 4.68. The van der Waals surface area contributed by atoms with E-state index in [-0.39, 0.29) is 84.0 Å². The zero-order valence-corrected chi connectivity index (χ0v) is 34.2. The Morgan fingerprint density at radius 2 is 0.571 bits per heavy atom. The molecule has 56 heavy (non-hydrogen) atoms. The molecule has 270 valence electrons. The molecule has 5 aromatic rings. The van der Waals surface area contributed by atoms with Crippen LogP contribution >= 0.6 is 0 Å². The summed E-state index contributed by atoms with van der Waals surface area (Å²) in [6.07, 6.45) is 3.87. The zero-order chi connectivity index (χ0) is 39.1. The number of hydrogen-bond donors (Lipinski definition) is 0. The maximum Gasteiger partial charge on any atom is 2.00 e. The Bertz CT molecular complexity index is 2160. The topological polar surface area (TPSA) is 314 Å². The van der Waals surface area contributed by atoms with Gasteiger partial charge in [0.2, 0.25) is 0 Å². The summed E-state index contributed by atoms with van der Waals surface area (Å²) in [6.45, 7) is 0. The van der Waals surface area contributed by atoms with Crippen molar-refractivity contribution in [1.29, 1.82) is 0 Å². The number of nitro benzene ring substituents is 4. The first-order valence-corrected chi connectivity index (χ1v) is 14.9. The second-order valence-corrected chi connectivity index (χ2v) is 10.7. The Morgan fingerprint density at radius 1 is 0.375 bits per heavy atom. The standard InChI is InChI=1S/C34H22N8O12.2Zn/c43-31-19(5-1-9-27(31)39(47)48)15-35-23-13-25(37-17-21-7-3-11-29(33(21)45)41(51)52)26(38-18-22-8-4-12-30(34(22)46)42(53)54)14-24(23)36-16-20-6-2-10-28(32(20)44)40(49)50;;/h1-18,43-46H;;/q;2*+2/p-4. The molecule has 0 spiro atoms. The molecule has 0 N–H and O–H groups in total. The molecule has 20 nitrogen and oxygen atoms in total. The molecule has 5 aromatic carbocycles. The predicted octanol–water partition coefficient (Wildman–Crippen LogP) is 4.61. The molecule has 0 amide bonds. The molecule has 0 saturated carbocycles. The summed E-state index contributed by atoms with van der Waals surface area (Å²) in [5.74, 6) is -3.94. The summed E-state index contributed by atoms with van der Waals surface area (Å²) >= 11 is 0. The Balaban J connectivity index is 0.00000420. The number of para-hydroxylation sites is 4. The third-order valence-electron chi connectivity index (χ3n) is 7.33. The van der Waals surface area contributed by atoms with Gasteiger partial charge < -0.3 is 20.4 Å². The largest absolute Gasteiger partial charge is 2.00 e. The molecule has 5 rings (SSSR count). The van der Waals surface area contributed by atoms with Crippen LogP contribution in [0.4, 0.5) is 45.5 Å².